The molecule has 2 aromatic carbocycles. The van der Waals surface area contributed by atoms with Crippen LogP contribution in [0.4, 0.5) is 11.4 Å². The summed E-state index contributed by atoms with van der Waals surface area (Å²) in [5.74, 6) is -0.0880. The first-order valence-electron chi connectivity index (χ1n) is 9.14. The Balaban J connectivity index is 1.76. The van der Waals surface area contributed by atoms with Crippen LogP contribution in [0, 0.1) is 19.8 Å². The number of carbonyl (C=O) groups is 2. The molecule has 0 bridgehead atoms. The van der Waals surface area contributed by atoms with E-state index in [0.717, 1.165) is 28.1 Å². The average Bonchev–Trinajstić information content (AvgIpc) is 2.99. The minimum absolute atomic E-state index is 0.00266. The molecule has 0 saturated carbocycles. The third-order valence-electron chi connectivity index (χ3n) is 5.02. The highest BCUT2D eigenvalue weighted by Gasteiger charge is 2.35. The fourth-order valence-electron chi connectivity index (χ4n) is 3.43. The van der Waals surface area contributed by atoms with Crippen molar-refractivity contribution >= 4 is 23.2 Å². The second-order valence-corrected chi connectivity index (χ2v) is 7.42. The molecular formula is C22H26N2O2. The average molecular weight is 350 g/mol. The number of rotatable bonds is 4. The van der Waals surface area contributed by atoms with Gasteiger partial charge >= 0.3 is 0 Å². The van der Waals surface area contributed by atoms with Crippen molar-refractivity contribution in [1.29, 1.82) is 0 Å². The molecule has 0 aliphatic carbocycles. The molecule has 1 N–H and O–H groups in total. The number of aryl methyl sites for hydroxylation is 2. The minimum atomic E-state index is -0.330. The van der Waals surface area contributed by atoms with Crippen molar-refractivity contribution in [1.82, 2.24) is 0 Å². The lowest BCUT2D eigenvalue weighted by Crippen LogP contribution is -2.28. The van der Waals surface area contributed by atoms with Crippen LogP contribution in [0.25, 0.3) is 0 Å². The van der Waals surface area contributed by atoms with Gasteiger partial charge in [-0.05, 0) is 43.0 Å². The van der Waals surface area contributed by atoms with E-state index in [1.165, 1.54) is 0 Å². The van der Waals surface area contributed by atoms with E-state index in [-0.39, 0.29) is 24.2 Å². The summed E-state index contributed by atoms with van der Waals surface area (Å²) in [7, 11) is 0. The number of nitrogens with one attached hydrogen (secondary N) is 1. The van der Waals surface area contributed by atoms with Crippen molar-refractivity contribution in [2.45, 2.75) is 40.0 Å². The highest BCUT2D eigenvalue weighted by atomic mass is 16.2. The molecule has 1 heterocycles. The molecule has 1 saturated heterocycles. The zero-order chi connectivity index (χ0) is 18.8. The third kappa shape index (κ3) is 3.64. The molecule has 1 fully saturated rings. The van der Waals surface area contributed by atoms with E-state index >= 15 is 0 Å². The summed E-state index contributed by atoms with van der Waals surface area (Å²) in [5.41, 5.74) is 5.06. The number of carbonyl (C=O) groups excluding carboxylic acids is 2. The molecule has 136 valence electrons. The molecule has 26 heavy (non-hydrogen) atoms. The number of anilines is 2. The Morgan fingerprint density at radius 3 is 2.46 bits per heavy atom. The lowest BCUT2D eigenvalue weighted by molar-refractivity contribution is -0.122. The molecule has 2 amide bonds. The first-order valence-corrected chi connectivity index (χ1v) is 9.14. The summed E-state index contributed by atoms with van der Waals surface area (Å²) in [6.45, 7) is 8.67. The fraction of sp³-hybridized carbons (Fsp3) is 0.364. The summed E-state index contributed by atoms with van der Waals surface area (Å²) in [6, 6.07) is 13.9. The summed E-state index contributed by atoms with van der Waals surface area (Å²) < 4.78 is 0. The van der Waals surface area contributed by atoms with Crippen LogP contribution in [0.2, 0.25) is 0 Å². The van der Waals surface area contributed by atoms with Crippen molar-refractivity contribution in [3.8, 4) is 0 Å². The van der Waals surface area contributed by atoms with E-state index in [1.807, 2.05) is 56.3 Å². The van der Waals surface area contributed by atoms with Crippen molar-refractivity contribution in [3.05, 3.63) is 59.2 Å². The Hall–Kier alpha value is -2.62. The Morgan fingerprint density at radius 1 is 1.12 bits per heavy atom. The normalized spacial score (nSPS) is 17.0. The lowest BCUT2D eigenvalue weighted by atomic mass is 9.97. The molecule has 3 rings (SSSR count). The van der Waals surface area contributed by atoms with Gasteiger partial charge in [0.1, 0.15) is 0 Å². The second kappa shape index (κ2) is 7.32. The Morgan fingerprint density at radius 2 is 1.81 bits per heavy atom. The smallest absolute Gasteiger partial charge is 0.229 e. The van der Waals surface area contributed by atoms with E-state index in [0.29, 0.717) is 12.5 Å². The number of hydrogen-bond acceptors (Lipinski definition) is 2. The van der Waals surface area contributed by atoms with Crippen molar-refractivity contribution in [2.75, 3.05) is 16.8 Å². The molecule has 0 radical (unpaired) electrons. The molecule has 0 unspecified atom stereocenters. The largest absolute Gasteiger partial charge is 0.325 e. The molecule has 1 aliphatic rings. The van der Waals surface area contributed by atoms with E-state index in [4.69, 9.17) is 0 Å². The van der Waals surface area contributed by atoms with Crippen LogP contribution < -0.4 is 10.2 Å². The van der Waals surface area contributed by atoms with Gasteiger partial charge in [0.15, 0.2) is 0 Å². The maximum atomic E-state index is 12.8. The van der Waals surface area contributed by atoms with Crippen LogP contribution in [-0.4, -0.2) is 18.4 Å². The summed E-state index contributed by atoms with van der Waals surface area (Å²) in [5, 5.41) is 3.09. The maximum absolute atomic E-state index is 12.8. The quantitative estimate of drug-likeness (QED) is 0.887. The van der Waals surface area contributed by atoms with Crippen molar-refractivity contribution in [2.24, 2.45) is 5.92 Å². The molecule has 0 aromatic heterocycles. The van der Waals surface area contributed by atoms with Gasteiger partial charge in [-0.2, -0.15) is 0 Å². The molecular weight excluding hydrogens is 324 g/mol. The lowest BCUT2D eigenvalue weighted by Gasteiger charge is -2.19. The standard InChI is InChI=1S/C22H26N2O2/c1-14(2)19-7-5-6-16(4)21(19)23-22(26)17-12-20(25)24(13-17)18-10-8-15(3)9-11-18/h5-11,14,17H,12-13H2,1-4H3,(H,23,26)/t17-/m1/s1. The zero-order valence-electron chi connectivity index (χ0n) is 15.9. The summed E-state index contributed by atoms with van der Waals surface area (Å²) >= 11 is 0. The van der Waals surface area contributed by atoms with Crippen LogP contribution in [0.5, 0.6) is 0 Å². The molecule has 4 heteroatoms. The topological polar surface area (TPSA) is 49.4 Å². The molecule has 4 nitrogen and oxygen atoms in total. The Labute approximate surface area is 155 Å². The van der Waals surface area contributed by atoms with Gasteiger partial charge in [-0.3, -0.25) is 9.59 Å². The number of amides is 2. The van der Waals surface area contributed by atoms with E-state index in [1.54, 1.807) is 4.90 Å². The number of para-hydroxylation sites is 1. The van der Waals surface area contributed by atoms with Crippen LogP contribution >= 0.6 is 0 Å². The minimum Gasteiger partial charge on any atom is -0.325 e. The van der Waals surface area contributed by atoms with E-state index < -0.39 is 0 Å². The predicted molar refractivity (Wildman–Crippen MR) is 106 cm³/mol. The van der Waals surface area contributed by atoms with Crippen molar-refractivity contribution < 1.29 is 9.59 Å². The fourth-order valence-corrected chi connectivity index (χ4v) is 3.43. The van der Waals surface area contributed by atoms with Crippen LogP contribution in [-0.2, 0) is 9.59 Å². The van der Waals surface area contributed by atoms with E-state index in [9.17, 15) is 9.59 Å². The Bertz CT molecular complexity index is 825. The SMILES string of the molecule is Cc1ccc(N2C[C@H](C(=O)Nc3c(C)cccc3C(C)C)CC2=O)cc1. The molecule has 0 spiro atoms. The van der Waals surface area contributed by atoms with Gasteiger partial charge < -0.3 is 10.2 Å². The first kappa shape index (κ1) is 18.2. The van der Waals surface area contributed by atoms with Crippen LogP contribution in [0.1, 0.15) is 42.9 Å². The van der Waals surface area contributed by atoms with E-state index in [2.05, 4.69) is 19.2 Å². The maximum Gasteiger partial charge on any atom is 0.229 e. The van der Waals surface area contributed by atoms with Gasteiger partial charge in [0.05, 0.1) is 5.92 Å². The summed E-state index contributed by atoms with van der Waals surface area (Å²) in [4.78, 5) is 27.0. The zero-order valence-corrected chi connectivity index (χ0v) is 15.9. The van der Waals surface area contributed by atoms with Gasteiger partial charge in [0.25, 0.3) is 0 Å². The first-order chi connectivity index (χ1) is 12.4. The monoisotopic (exact) mass is 350 g/mol. The van der Waals surface area contributed by atoms with Gasteiger partial charge in [-0.1, -0.05) is 49.7 Å². The van der Waals surface area contributed by atoms with Gasteiger partial charge in [0.2, 0.25) is 11.8 Å². The third-order valence-corrected chi connectivity index (χ3v) is 5.02. The number of hydrogen-bond donors (Lipinski definition) is 1. The molecule has 2 aromatic rings. The Kier molecular flexibility index (Phi) is 5.12. The number of benzene rings is 2. The van der Waals surface area contributed by atoms with Gasteiger partial charge in [-0.15, -0.1) is 0 Å². The molecule has 1 aliphatic heterocycles. The highest BCUT2D eigenvalue weighted by molar-refractivity contribution is 6.04. The summed E-state index contributed by atoms with van der Waals surface area (Å²) in [6.07, 6.45) is 0.253. The molecule has 1 atom stereocenters. The predicted octanol–water partition coefficient (Wildman–Crippen LogP) is 4.42. The van der Waals surface area contributed by atoms with Crippen LogP contribution in [0.3, 0.4) is 0 Å². The van der Waals surface area contributed by atoms with Gasteiger partial charge in [0, 0.05) is 24.3 Å². The number of nitrogens with zero attached hydrogens (tertiary/aromatic N) is 1. The second-order valence-electron chi connectivity index (χ2n) is 7.42. The van der Waals surface area contributed by atoms with Gasteiger partial charge in [-0.25, -0.2) is 0 Å². The highest BCUT2D eigenvalue weighted by Crippen LogP contribution is 2.30. The van der Waals surface area contributed by atoms with Crippen molar-refractivity contribution in [3.63, 3.8) is 0 Å². The van der Waals surface area contributed by atoms with Crippen LogP contribution in [0.15, 0.2) is 42.5 Å².